The number of carbonyl (C=O) groups excluding carboxylic acids is 3. The Bertz CT molecular complexity index is 539. The number of carbonyl (C=O) groups is 3. The highest BCUT2D eigenvalue weighted by atomic mass is 16.6. The van der Waals surface area contributed by atoms with E-state index in [-0.39, 0.29) is 17.2 Å². The third kappa shape index (κ3) is 5.88. The Morgan fingerprint density at radius 2 is 1.85 bits per heavy atom. The number of rotatable bonds is 5. The van der Waals surface area contributed by atoms with Gasteiger partial charge in [0.15, 0.2) is 0 Å². The second kappa shape index (κ2) is 8.27. The maximum Gasteiger partial charge on any atom is 0.408 e. The molecule has 0 radical (unpaired) electrons. The predicted molar refractivity (Wildman–Crippen MR) is 98.5 cm³/mol. The second-order valence-corrected chi connectivity index (χ2v) is 8.88. The van der Waals surface area contributed by atoms with Crippen molar-refractivity contribution in [3.8, 4) is 0 Å². The molecule has 7 nitrogen and oxygen atoms in total. The van der Waals surface area contributed by atoms with E-state index in [4.69, 9.17) is 9.47 Å². The SMILES string of the molecule is CC[C@H](C)[C@H](NC(=O)OC(C)(C)C)C(=O)N1CC(C)(C)C[C@H]1C(=O)OC. The van der Waals surface area contributed by atoms with Crippen LogP contribution in [-0.2, 0) is 19.1 Å². The van der Waals surface area contributed by atoms with Crippen LogP contribution in [0.2, 0.25) is 0 Å². The van der Waals surface area contributed by atoms with Gasteiger partial charge in [-0.2, -0.15) is 0 Å². The van der Waals surface area contributed by atoms with Crippen LogP contribution in [0.5, 0.6) is 0 Å². The third-order valence-electron chi connectivity index (χ3n) is 4.63. The molecule has 1 heterocycles. The number of alkyl carbamates (subject to hydrolysis) is 1. The highest BCUT2D eigenvalue weighted by molar-refractivity contribution is 5.90. The first-order valence-electron chi connectivity index (χ1n) is 9.19. The van der Waals surface area contributed by atoms with E-state index in [1.165, 1.54) is 7.11 Å². The summed E-state index contributed by atoms with van der Waals surface area (Å²) < 4.78 is 10.2. The van der Waals surface area contributed by atoms with E-state index in [9.17, 15) is 14.4 Å². The Balaban J connectivity index is 3.03. The van der Waals surface area contributed by atoms with Crippen molar-refractivity contribution in [1.82, 2.24) is 10.2 Å². The summed E-state index contributed by atoms with van der Waals surface area (Å²) >= 11 is 0. The lowest BCUT2D eigenvalue weighted by Gasteiger charge is -2.31. The average Bonchev–Trinajstić information content (AvgIpc) is 2.84. The van der Waals surface area contributed by atoms with Gasteiger partial charge in [-0.3, -0.25) is 4.79 Å². The molecule has 0 bridgehead atoms. The van der Waals surface area contributed by atoms with Crippen molar-refractivity contribution in [3.63, 3.8) is 0 Å². The molecule has 26 heavy (non-hydrogen) atoms. The molecule has 1 aliphatic heterocycles. The molecule has 2 amide bonds. The maximum absolute atomic E-state index is 13.2. The quantitative estimate of drug-likeness (QED) is 0.752. The highest BCUT2D eigenvalue weighted by Gasteiger charge is 2.46. The van der Waals surface area contributed by atoms with Gasteiger partial charge in [-0.05, 0) is 38.5 Å². The number of likely N-dealkylation sites (tertiary alicyclic amines) is 1. The largest absolute Gasteiger partial charge is 0.467 e. The topological polar surface area (TPSA) is 84.9 Å². The van der Waals surface area contributed by atoms with Crippen molar-refractivity contribution in [1.29, 1.82) is 0 Å². The number of nitrogens with one attached hydrogen (secondary N) is 1. The molecule has 0 saturated carbocycles. The molecule has 0 aliphatic carbocycles. The van der Waals surface area contributed by atoms with Crippen LogP contribution < -0.4 is 5.32 Å². The molecule has 0 unspecified atom stereocenters. The summed E-state index contributed by atoms with van der Waals surface area (Å²) in [5.74, 6) is -0.799. The van der Waals surface area contributed by atoms with E-state index in [1.54, 1.807) is 25.7 Å². The van der Waals surface area contributed by atoms with E-state index in [2.05, 4.69) is 5.32 Å². The van der Waals surface area contributed by atoms with Crippen molar-refractivity contribution in [2.24, 2.45) is 11.3 Å². The predicted octanol–water partition coefficient (Wildman–Crippen LogP) is 2.73. The fourth-order valence-corrected chi connectivity index (χ4v) is 3.14. The Kier molecular flexibility index (Phi) is 7.08. The molecule has 0 spiro atoms. The minimum absolute atomic E-state index is 0.1000. The minimum atomic E-state index is -0.754. The molecule has 1 aliphatic rings. The van der Waals surface area contributed by atoms with Crippen LogP contribution in [0.15, 0.2) is 0 Å². The van der Waals surface area contributed by atoms with Gasteiger partial charge in [0.05, 0.1) is 7.11 Å². The van der Waals surface area contributed by atoms with Crippen LogP contribution in [0.1, 0.15) is 61.3 Å². The zero-order chi connectivity index (χ0) is 20.3. The second-order valence-electron chi connectivity index (χ2n) is 8.88. The van der Waals surface area contributed by atoms with E-state index in [0.717, 1.165) is 0 Å². The molecule has 1 fully saturated rings. The molecule has 1 saturated heterocycles. The summed E-state index contributed by atoms with van der Waals surface area (Å²) in [6, 6.07) is -1.38. The standard InChI is InChI=1S/C19H34N2O5/c1-9-12(2)14(20-17(24)26-18(3,4)5)15(22)21-11-19(6,7)10-13(21)16(23)25-8/h12-14H,9-11H2,1-8H3,(H,20,24)/t12-,13-,14-/m0/s1. The summed E-state index contributed by atoms with van der Waals surface area (Å²) in [5.41, 5.74) is -0.849. The smallest absolute Gasteiger partial charge is 0.408 e. The lowest BCUT2D eigenvalue weighted by atomic mass is 9.91. The van der Waals surface area contributed by atoms with E-state index in [1.807, 2.05) is 27.7 Å². The monoisotopic (exact) mass is 370 g/mol. The van der Waals surface area contributed by atoms with Crippen LogP contribution in [0, 0.1) is 11.3 Å². The molecule has 1 N–H and O–H groups in total. The Labute approximate surface area is 156 Å². The summed E-state index contributed by atoms with van der Waals surface area (Å²) in [6.07, 6.45) is 0.599. The van der Waals surface area contributed by atoms with E-state index >= 15 is 0 Å². The Hall–Kier alpha value is -1.79. The van der Waals surface area contributed by atoms with Crippen molar-refractivity contribution >= 4 is 18.0 Å². The van der Waals surface area contributed by atoms with Gasteiger partial charge in [0.1, 0.15) is 17.7 Å². The number of amides is 2. The molecular formula is C19H34N2O5. The van der Waals surface area contributed by atoms with Gasteiger partial charge in [-0.25, -0.2) is 9.59 Å². The average molecular weight is 370 g/mol. The molecule has 150 valence electrons. The van der Waals surface area contributed by atoms with Gasteiger partial charge in [-0.15, -0.1) is 0 Å². The lowest BCUT2D eigenvalue weighted by molar-refractivity contribution is -0.152. The van der Waals surface area contributed by atoms with Crippen LogP contribution in [0.3, 0.4) is 0 Å². The normalized spacial score (nSPS) is 21.7. The molecule has 0 aromatic rings. The van der Waals surface area contributed by atoms with E-state index in [0.29, 0.717) is 19.4 Å². The van der Waals surface area contributed by atoms with Crippen molar-refractivity contribution in [2.45, 2.75) is 79.0 Å². The fraction of sp³-hybridized carbons (Fsp3) is 0.842. The number of nitrogens with zero attached hydrogens (tertiary/aromatic N) is 1. The Morgan fingerprint density at radius 3 is 2.31 bits per heavy atom. The molecule has 0 aromatic carbocycles. The number of ether oxygens (including phenoxy) is 2. The van der Waals surface area contributed by atoms with Crippen LogP contribution in [0.4, 0.5) is 4.79 Å². The third-order valence-corrected chi connectivity index (χ3v) is 4.63. The fourth-order valence-electron chi connectivity index (χ4n) is 3.14. The molecular weight excluding hydrogens is 336 g/mol. The summed E-state index contributed by atoms with van der Waals surface area (Å²) in [5, 5.41) is 2.70. The zero-order valence-corrected chi connectivity index (χ0v) is 17.3. The molecule has 7 heteroatoms. The molecule has 0 aromatic heterocycles. The number of methoxy groups -OCH3 is 1. The molecule has 3 atom stereocenters. The first-order chi connectivity index (χ1) is 11.8. The summed E-state index contributed by atoms with van der Waals surface area (Å²) in [4.78, 5) is 39.1. The van der Waals surface area contributed by atoms with Crippen molar-refractivity contribution in [3.05, 3.63) is 0 Å². The first-order valence-corrected chi connectivity index (χ1v) is 9.19. The highest BCUT2D eigenvalue weighted by Crippen LogP contribution is 2.35. The van der Waals surface area contributed by atoms with Gasteiger partial charge in [-0.1, -0.05) is 34.1 Å². The number of hydrogen-bond donors (Lipinski definition) is 1. The van der Waals surface area contributed by atoms with Crippen LogP contribution in [0.25, 0.3) is 0 Å². The number of hydrogen-bond acceptors (Lipinski definition) is 5. The van der Waals surface area contributed by atoms with Gasteiger partial charge >= 0.3 is 12.1 Å². The van der Waals surface area contributed by atoms with Gasteiger partial charge in [0.2, 0.25) is 5.91 Å². The van der Waals surface area contributed by atoms with Crippen molar-refractivity contribution in [2.75, 3.05) is 13.7 Å². The summed E-state index contributed by atoms with van der Waals surface area (Å²) in [7, 11) is 1.32. The zero-order valence-electron chi connectivity index (χ0n) is 17.3. The maximum atomic E-state index is 13.2. The van der Waals surface area contributed by atoms with Gasteiger partial charge in [0.25, 0.3) is 0 Å². The van der Waals surface area contributed by atoms with Gasteiger partial charge in [0, 0.05) is 6.54 Å². The Morgan fingerprint density at radius 1 is 1.27 bits per heavy atom. The number of esters is 1. The summed E-state index contributed by atoms with van der Waals surface area (Å²) in [6.45, 7) is 13.6. The van der Waals surface area contributed by atoms with Crippen LogP contribution >= 0.6 is 0 Å². The van der Waals surface area contributed by atoms with E-state index < -0.39 is 29.7 Å². The lowest BCUT2D eigenvalue weighted by Crippen LogP contribution is -2.55. The van der Waals surface area contributed by atoms with Crippen molar-refractivity contribution < 1.29 is 23.9 Å². The van der Waals surface area contributed by atoms with Crippen LogP contribution in [-0.4, -0.2) is 54.2 Å². The molecule has 1 rings (SSSR count). The van der Waals surface area contributed by atoms with Gasteiger partial charge < -0.3 is 19.7 Å². The minimum Gasteiger partial charge on any atom is -0.467 e. The first kappa shape index (κ1) is 22.3.